The van der Waals surface area contributed by atoms with Crippen molar-refractivity contribution in [3.05, 3.63) is 42.1 Å². The first kappa shape index (κ1) is 19.8. The highest BCUT2D eigenvalue weighted by Crippen LogP contribution is 2.29. The van der Waals surface area contributed by atoms with Gasteiger partial charge in [-0.2, -0.15) is 0 Å². The van der Waals surface area contributed by atoms with Crippen molar-refractivity contribution in [2.24, 2.45) is 11.7 Å². The summed E-state index contributed by atoms with van der Waals surface area (Å²) in [5, 5.41) is 8.02. The Morgan fingerprint density at radius 3 is 2.66 bits per heavy atom. The topological polar surface area (TPSA) is 81.1 Å². The molecule has 1 saturated carbocycles. The second-order valence-electron chi connectivity index (χ2n) is 8.03. The van der Waals surface area contributed by atoms with Crippen LogP contribution in [0.15, 0.2) is 30.5 Å². The molecule has 3 N–H and O–H groups in total. The Labute approximate surface area is 170 Å². The normalized spacial score (nSPS) is 19.6. The van der Waals surface area contributed by atoms with Crippen LogP contribution in [-0.2, 0) is 6.42 Å². The SMILES string of the molecule is CCCCNc1ncc2c(-c3ccc(F)cc3)nc(C[C@H]3CC[C@H](N)CC3)n2n1. The number of nitrogens with one attached hydrogen (secondary N) is 1. The van der Waals surface area contributed by atoms with Gasteiger partial charge in [-0.15, -0.1) is 5.10 Å². The monoisotopic (exact) mass is 396 g/mol. The minimum absolute atomic E-state index is 0.255. The van der Waals surface area contributed by atoms with E-state index in [0.29, 0.717) is 17.9 Å². The minimum Gasteiger partial charge on any atom is -0.353 e. The second-order valence-corrected chi connectivity index (χ2v) is 8.03. The number of benzene rings is 1. The third-order valence-corrected chi connectivity index (χ3v) is 5.75. The van der Waals surface area contributed by atoms with Crippen LogP contribution in [0.25, 0.3) is 16.8 Å². The Bertz CT molecular complexity index is 944. The molecule has 0 amide bonds. The number of rotatable bonds is 7. The average Bonchev–Trinajstić information content (AvgIpc) is 3.08. The zero-order valence-corrected chi connectivity index (χ0v) is 16.9. The zero-order chi connectivity index (χ0) is 20.2. The van der Waals surface area contributed by atoms with Gasteiger partial charge in [-0.05, 0) is 62.3 Å². The number of fused-ring (bicyclic) bond motifs is 1. The van der Waals surface area contributed by atoms with E-state index in [1.807, 2.05) is 10.7 Å². The van der Waals surface area contributed by atoms with Gasteiger partial charge >= 0.3 is 0 Å². The summed E-state index contributed by atoms with van der Waals surface area (Å²) < 4.78 is 15.3. The third kappa shape index (κ3) is 4.56. The number of hydrogen-bond acceptors (Lipinski definition) is 5. The summed E-state index contributed by atoms with van der Waals surface area (Å²) in [5.74, 6) is 1.85. The Morgan fingerprint density at radius 2 is 1.93 bits per heavy atom. The van der Waals surface area contributed by atoms with Crippen LogP contribution in [0.1, 0.15) is 51.3 Å². The maximum atomic E-state index is 13.4. The van der Waals surface area contributed by atoms with E-state index in [4.69, 9.17) is 15.8 Å². The van der Waals surface area contributed by atoms with Gasteiger partial charge in [-0.1, -0.05) is 13.3 Å². The van der Waals surface area contributed by atoms with Gasteiger partial charge in [0.25, 0.3) is 0 Å². The summed E-state index contributed by atoms with van der Waals surface area (Å²) in [5.41, 5.74) is 8.59. The maximum Gasteiger partial charge on any atom is 0.241 e. The first-order valence-electron chi connectivity index (χ1n) is 10.6. The van der Waals surface area contributed by atoms with Crippen molar-refractivity contribution in [2.75, 3.05) is 11.9 Å². The van der Waals surface area contributed by atoms with Gasteiger partial charge in [0.05, 0.1) is 11.9 Å². The zero-order valence-electron chi connectivity index (χ0n) is 16.9. The lowest BCUT2D eigenvalue weighted by atomic mass is 9.84. The van der Waals surface area contributed by atoms with E-state index in [0.717, 1.165) is 74.1 Å². The van der Waals surface area contributed by atoms with Gasteiger partial charge in [0.15, 0.2) is 0 Å². The maximum absolute atomic E-state index is 13.4. The minimum atomic E-state index is -0.255. The highest BCUT2D eigenvalue weighted by Gasteiger charge is 2.23. The molecule has 0 bridgehead atoms. The van der Waals surface area contributed by atoms with Crippen molar-refractivity contribution < 1.29 is 4.39 Å². The Kier molecular flexibility index (Phi) is 6.04. The van der Waals surface area contributed by atoms with E-state index in [-0.39, 0.29) is 5.82 Å². The molecule has 1 fully saturated rings. The molecule has 29 heavy (non-hydrogen) atoms. The average molecular weight is 397 g/mol. The molecule has 0 radical (unpaired) electrons. The molecule has 154 valence electrons. The van der Waals surface area contributed by atoms with E-state index in [2.05, 4.69) is 17.2 Å². The number of imidazole rings is 1. The van der Waals surface area contributed by atoms with Crippen LogP contribution in [0.2, 0.25) is 0 Å². The van der Waals surface area contributed by atoms with Crippen molar-refractivity contribution >= 4 is 11.5 Å². The van der Waals surface area contributed by atoms with Crippen LogP contribution in [0.5, 0.6) is 0 Å². The Morgan fingerprint density at radius 1 is 1.17 bits per heavy atom. The predicted octanol–water partition coefficient (Wildman–Crippen LogP) is 4.20. The van der Waals surface area contributed by atoms with Crippen LogP contribution < -0.4 is 11.1 Å². The molecule has 1 aliphatic carbocycles. The van der Waals surface area contributed by atoms with E-state index < -0.39 is 0 Å². The van der Waals surface area contributed by atoms with Gasteiger partial charge < -0.3 is 11.1 Å². The van der Waals surface area contributed by atoms with Crippen LogP contribution in [-0.4, -0.2) is 32.2 Å². The van der Waals surface area contributed by atoms with Crippen LogP contribution in [0, 0.1) is 11.7 Å². The van der Waals surface area contributed by atoms with Crippen LogP contribution in [0.4, 0.5) is 10.3 Å². The van der Waals surface area contributed by atoms with Crippen LogP contribution in [0.3, 0.4) is 0 Å². The molecule has 6 nitrogen and oxygen atoms in total. The lowest BCUT2D eigenvalue weighted by Crippen LogP contribution is -2.27. The number of unbranched alkanes of at least 4 members (excludes halogenated alkanes) is 1. The first-order chi connectivity index (χ1) is 14.1. The quantitative estimate of drug-likeness (QED) is 0.585. The molecule has 4 rings (SSSR count). The summed E-state index contributed by atoms with van der Waals surface area (Å²) in [7, 11) is 0. The van der Waals surface area contributed by atoms with Crippen LogP contribution >= 0.6 is 0 Å². The molecule has 1 aromatic carbocycles. The lowest BCUT2D eigenvalue weighted by Gasteiger charge is -2.25. The summed E-state index contributed by atoms with van der Waals surface area (Å²) in [6.07, 6.45) is 9.23. The van der Waals surface area contributed by atoms with Crippen molar-refractivity contribution in [2.45, 2.75) is 57.9 Å². The second kappa shape index (κ2) is 8.86. The van der Waals surface area contributed by atoms with E-state index in [1.54, 1.807) is 12.1 Å². The van der Waals surface area contributed by atoms with Crippen molar-refractivity contribution in [1.82, 2.24) is 19.6 Å². The third-order valence-electron chi connectivity index (χ3n) is 5.75. The molecule has 0 unspecified atom stereocenters. The van der Waals surface area contributed by atoms with Crippen molar-refractivity contribution in [3.8, 4) is 11.3 Å². The molecular formula is C22H29FN6. The summed E-state index contributed by atoms with van der Waals surface area (Å²) >= 11 is 0. The molecule has 0 spiro atoms. The van der Waals surface area contributed by atoms with Gasteiger partial charge in [-0.3, -0.25) is 0 Å². The van der Waals surface area contributed by atoms with E-state index >= 15 is 0 Å². The smallest absolute Gasteiger partial charge is 0.241 e. The summed E-state index contributed by atoms with van der Waals surface area (Å²) in [6, 6.07) is 6.77. The molecule has 2 aromatic heterocycles. The highest BCUT2D eigenvalue weighted by atomic mass is 19.1. The fraction of sp³-hybridized carbons (Fsp3) is 0.500. The summed E-state index contributed by atoms with van der Waals surface area (Å²) in [4.78, 5) is 9.40. The fourth-order valence-corrected chi connectivity index (χ4v) is 4.00. The molecular weight excluding hydrogens is 367 g/mol. The molecule has 0 saturated heterocycles. The molecule has 3 aromatic rings. The van der Waals surface area contributed by atoms with Crippen molar-refractivity contribution in [1.29, 1.82) is 0 Å². The largest absolute Gasteiger partial charge is 0.353 e. The van der Waals surface area contributed by atoms with Gasteiger partial charge in [0.1, 0.15) is 17.2 Å². The van der Waals surface area contributed by atoms with Gasteiger partial charge in [0.2, 0.25) is 5.95 Å². The lowest BCUT2D eigenvalue weighted by molar-refractivity contribution is 0.320. The molecule has 0 aliphatic heterocycles. The van der Waals surface area contributed by atoms with Crippen molar-refractivity contribution in [3.63, 3.8) is 0 Å². The first-order valence-corrected chi connectivity index (χ1v) is 10.6. The fourth-order valence-electron chi connectivity index (χ4n) is 4.00. The predicted molar refractivity (Wildman–Crippen MR) is 113 cm³/mol. The summed E-state index contributed by atoms with van der Waals surface area (Å²) in [6.45, 7) is 3.00. The van der Waals surface area contributed by atoms with E-state index in [1.165, 1.54) is 12.1 Å². The number of aromatic nitrogens is 4. The van der Waals surface area contributed by atoms with E-state index in [9.17, 15) is 4.39 Å². The van der Waals surface area contributed by atoms with Gasteiger partial charge in [0, 0.05) is 24.6 Å². The standard InChI is InChI=1S/C22H29FN6/c1-2-3-12-25-22-26-14-19-21(16-6-8-17(23)9-7-16)27-20(29(19)28-22)13-15-4-10-18(24)11-5-15/h6-9,14-15,18H,2-5,10-13,24H2,1H3,(H,25,28)/t15-,18-. The molecule has 2 heterocycles. The number of nitrogens with two attached hydrogens (primary N) is 1. The Hall–Kier alpha value is -2.54. The molecule has 7 heteroatoms. The number of halogens is 1. The molecule has 1 aliphatic rings. The molecule has 0 atom stereocenters. The number of hydrogen-bond donors (Lipinski definition) is 2. The number of nitrogens with zero attached hydrogens (tertiary/aromatic N) is 4. The Balaban J connectivity index is 1.68. The van der Waals surface area contributed by atoms with Gasteiger partial charge in [-0.25, -0.2) is 18.9 Å². The highest BCUT2D eigenvalue weighted by molar-refractivity contribution is 5.77. The number of anilines is 1.